The van der Waals surface area contributed by atoms with Gasteiger partial charge in [-0.05, 0) is 37.0 Å². The highest BCUT2D eigenvalue weighted by Crippen LogP contribution is 2.42. The molecule has 1 aromatic carbocycles. The summed E-state index contributed by atoms with van der Waals surface area (Å²) in [7, 11) is 0. The van der Waals surface area contributed by atoms with Crippen molar-refractivity contribution < 1.29 is 14.3 Å². The highest BCUT2D eigenvalue weighted by atomic mass is 16.7. The van der Waals surface area contributed by atoms with Crippen molar-refractivity contribution in [2.24, 2.45) is 0 Å². The number of rotatable bonds is 0. The molecule has 1 heterocycles. The van der Waals surface area contributed by atoms with E-state index < -0.39 is 0 Å². The molecule has 2 aliphatic rings. The van der Waals surface area contributed by atoms with Crippen molar-refractivity contribution in [1.82, 2.24) is 0 Å². The van der Waals surface area contributed by atoms with Gasteiger partial charge < -0.3 is 9.47 Å². The molecule has 0 amide bonds. The minimum Gasteiger partial charge on any atom is -0.454 e. The Labute approximate surface area is 88.0 Å². The van der Waals surface area contributed by atoms with E-state index in [4.69, 9.17) is 9.47 Å². The molecule has 1 aromatic rings. The van der Waals surface area contributed by atoms with Crippen molar-refractivity contribution in [1.29, 1.82) is 0 Å². The number of benzene rings is 1. The van der Waals surface area contributed by atoms with Gasteiger partial charge in [-0.1, -0.05) is 0 Å². The summed E-state index contributed by atoms with van der Waals surface area (Å²) >= 11 is 0. The Kier molecular flexibility index (Phi) is 1.75. The number of carbonyl (C=O) groups excluding carboxylic acids is 1. The molecule has 15 heavy (non-hydrogen) atoms. The number of aryl methyl sites for hydroxylation is 1. The third-order valence-corrected chi connectivity index (χ3v) is 3.10. The van der Waals surface area contributed by atoms with E-state index in [9.17, 15) is 4.79 Å². The Morgan fingerprint density at radius 1 is 1.27 bits per heavy atom. The van der Waals surface area contributed by atoms with Crippen LogP contribution in [0.3, 0.4) is 0 Å². The first-order chi connectivity index (χ1) is 7.27. The van der Waals surface area contributed by atoms with E-state index in [2.05, 4.69) is 0 Å². The van der Waals surface area contributed by atoms with E-state index in [1.54, 1.807) is 0 Å². The van der Waals surface area contributed by atoms with Gasteiger partial charge in [-0.25, -0.2) is 0 Å². The summed E-state index contributed by atoms with van der Waals surface area (Å²) in [5.41, 5.74) is 3.06. The molecule has 0 unspecified atom stereocenters. The Hall–Kier alpha value is -1.51. The van der Waals surface area contributed by atoms with Crippen LogP contribution < -0.4 is 9.47 Å². The molecule has 78 valence electrons. The number of carbonyl (C=O) groups is 1. The maximum Gasteiger partial charge on any atom is 0.231 e. The normalized spacial score (nSPS) is 17.8. The Bertz CT molecular complexity index is 445. The first-order valence-electron chi connectivity index (χ1n) is 5.22. The van der Waals surface area contributed by atoms with Gasteiger partial charge in [0.25, 0.3) is 0 Å². The maximum atomic E-state index is 11.9. The number of hydrogen-bond donors (Lipinski definition) is 0. The summed E-state index contributed by atoms with van der Waals surface area (Å²) in [4.78, 5) is 11.9. The maximum absolute atomic E-state index is 11.9. The third kappa shape index (κ3) is 1.16. The number of Topliss-reactive ketones (excluding diaryl/α,β-unsaturated/α-hetero) is 1. The molecule has 0 atom stereocenters. The van der Waals surface area contributed by atoms with Crippen molar-refractivity contribution in [3.8, 4) is 11.5 Å². The van der Waals surface area contributed by atoms with Crippen LogP contribution >= 0.6 is 0 Å². The second-order valence-electron chi connectivity index (χ2n) is 4.06. The zero-order valence-electron chi connectivity index (χ0n) is 8.63. The second kappa shape index (κ2) is 2.99. The monoisotopic (exact) mass is 204 g/mol. The largest absolute Gasteiger partial charge is 0.454 e. The van der Waals surface area contributed by atoms with Crippen LogP contribution in [0.4, 0.5) is 0 Å². The molecule has 1 aliphatic carbocycles. The third-order valence-electron chi connectivity index (χ3n) is 3.10. The van der Waals surface area contributed by atoms with Gasteiger partial charge in [-0.2, -0.15) is 0 Å². The lowest BCUT2D eigenvalue weighted by molar-refractivity contribution is 0.0967. The molecule has 0 saturated carbocycles. The predicted octanol–water partition coefficient (Wildman–Crippen LogP) is 2.24. The van der Waals surface area contributed by atoms with Crippen molar-refractivity contribution in [3.05, 3.63) is 22.8 Å². The summed E-state index contributed by atoms with van der Waals surface area (Å²) in [6.07, 6.45) is 2.56. The van der Waals surface area contributed by atoms with E-state index in [-0.39, 0.29) is 12.6 Å². The summed E-state index contributed by atoms with van der Waals surface area (Å²) in [6, 6.07) is 1.97. The molecule has 3 heteroatoms. The quantitative estimate of drug-likeness (QED) is 0.650. The summed E-state index contributed by atoms with van der Waals surface area (Å²) in [6.45, 7) is 2.26. The first kappa shape index (κ1) is 8.77. The van der Waals surface area contributed by atoms with E-state index in [0.29, 0.717) is 12.2 Å². The van der Waals surface area contributed by atoms with Gasteiger partial charge in [-0.3, -0.25) is 4.79 Å². The van der Waals surface area contributed by atoms with E-state index >= 15 is 0 Å². The highest BCUT2D eigenvalue weighted by molar-refractivity contribution is 6.02. The van der Waals surface area contributed by atoms with E-state index in [1.165, 1.54) is 0 Å². The lowest BCUT2D eigenvalue weighted by Crippen LogP contribution is -2.13. The van der Waals surface area contributed by atoms with Crippen LogP contribution in [0, 0.1) is 6.92 Å². The van der Waals surface area contributed by atoms with Gasteiger partial charge in [0.15, 0.2) is 17.3 Å². The minimum atomic E-state index is 0.196. The van der Waals surface area contributed by atoms with Crippen LogP contribution in [0.1, 0.15) is 34.3 Å². The highest BCUT2D eigenvalue weighted by Gasteiger charge is 2.29. The predicted molar refractivity (Wildman–Crippen MR) is 54.6 cm³/mol. The van der Waals surface area contributed by atoms with Crippen LogP contribution in [0.25, 0.3) is 0 Å². The molecule has 0 aromatic heterocycles. The summed E-state index contributed by atoms with van der Waals surface area (Å²) < 4.78 is 10.7. The Morgan fingerprint density at radius 3 is 3.00 bits per heavy atom. The fourth-order valence-electron chi connectivity index (χ4n) is 2.38. The molecule has 0 spiro atoms. The van der Waals surface area contributed by atoms with E-state index in [0.717, 1.165) is 35.3 Å². The van der Waals surface area contributed by atoms with Crippen molar-refractivity contribution in [2.45, 2.75) is 26.2 Å². The van der Waals surface area contributed by atoms with Crippen LogP contribution in [0.2, 0.25) is 0 Å². The molecule has 0 saturated heterocycles. The Morgan fingerprint density at radius 2 is 2.13 bits per heavy atom. The van der Waals surface area contributed by atoms with Crippen LogP contribution in [0.15, 0.2) is 6.07 Å². The number of hydrogen-bond acceptors (Lipinski definition) is 3. The molecular weight excluding hydrogens is 192 g/mol. The standard InChI is InChI=1S/C12H12O3/c1-7-5-10-12(15-6-14-10)11-8(7)3-2-4-9(11)13/h5H,2-4,6H2,1H3. The molecule has 0 bridgehead atoms. The number of ether oxygens (including phenoxy) is 2. The molecule has 1 aliphatic heterocycles. The van der Waals surface area contributed by atoms with Crippen LogP contribution in [0.5, 0.6) is 11.5 Å². The van der Waals surface area contributed by atoms with E-state index in [1.807, 2.05) is 13.0 Å². The zero-order chi connectivity index (χ0) is 10.4. The topological polar surface area (TPSA) is 35.5 Å². The number of ketones is 1. The van der Waals surface area contributed by atoms with Crippen molar-refractivity contribution >= 4 is 5.78 Å². The molecular formula is C12H12O3. The minimum absolute atomic E-state index is 0.196. The van der Waals surface area contributed by atoms with Gasteiger partial charge in [0.05, 0.1) is 5.56 Å². The fraction of sp³-hybridized carbons (Fsp3) is 0.417. The van der Waals surface area contributed by atoms with Gasteiger partial charge in [-0.15, -0.1) is 0 Å². The molecule has 0 N–H and O–H groups in total. The molecule has 0 fully saturated rings. The fourth-order valence-corrected chi connectivity index (χ4v) is 2.38. The molecule has 3 nitrogen and oxygen atoms in total. The van der Waals surface area contributed by atoms with Gasteiger partial charge >= 0.3 is 0 Å². The average Bonchev–Trinajstić information content (AvgIpc) is 2.66. The smallest absolute Gasteiger partial charge is 0.231 e. The van der Waals surface area contributed by atoms with Crippen LogP contribution in [-0.4, -0.2) is 12.6 Å². The lowest BCUT2D eigenvalue weighted by atomic mass is 9.87. The van der Waals surface area contributed by atoms with Gasteiger partial charge in [0.2, 0.25) is 6.79 Å². The summed E-state index contributed by atoms with van der Waals surface area (Å²) in [5, 5.41) is 0. The molecule has 3 rings (SSSR count). The molecule has 0 radical (unpaired) electrons. The Balaban J connectivity index is 2.29. The first-order valence-corrected chi connectivity index (χ1v) is 5.22. The van der Waals surface area contributed by atoms with Crippen molar-refractivity contribution in [3.63, 3.8) is 0 Å². The second-order valence-corrected chi connectivity index (χ2v) is 4.06. The zero-order valence-corrected chi connectivity index (χ0v) is 8.63. The SMILES string of the molecule is Cc1cc2c(c3c1CCCC3=O)OCO2. The number of fused-ring (bicyclic) bond motifs is 3. The van der Waals surface area contributed by atoms with Gasteiger partial charge in [0, 0.05) is 6.42 Å². The van der Waals surface area contributed by atoms with Crippen molar-refractivity contribution in [2.75, 3.05) is 6.79 Å². The van der Waals surface area contributed by atoms with Gasteiger partial charge in [0.1, 0.15) is 0 Å². The lowest BCUT2D eigenvalue weighted by Gasteiger charge is -2.18. The van der Waals surface area contributed by atoms with Crippen LogP contribution in [-0.2, 0) is 6.42 Å². The average molecular weight is 204 g/mol. The summed E-state index contributed by atoms with van der Waals surface area (Å²) in [5.74, 6) is 1.59.